The van der Waals surface area contributed by atoms with Crippen LogP contribution in [0.1, 0.15) is 6.42 Å². The van der Waals surface area contributed by atoms with Gasteiger partial charge in [0.2, 0.25) is 0 Å². The van der Waals surface area contributed by atoms with Crippen LogP contribution in [0, 0.1) is 12.8 Å². The van der Waals surface area contributed by atoms with Gasteiger partial charge in [-0.2, -0.15) is 0 Å². The van der Waals surface area contributed by atoms with Gasteiger partial charge in [0.15, 0.2) is 6.29 Å². The topological polar surface area (TPSA) is 27.7 Å². The lowest BCUT2D eigenvalue weighted by atomic mass is 10.1. The minimum atomic E-state index is -0.192. The molecule has 1 heterocycles. The molecule has 0 amide bonds. The Morgan fingerprint density at radius 2 is 2.09 bits per heavy atom. The van der Waals surface area contributed by atoms with Gasteiger partial charge in [0.25, 0.3) is 0 Å². The molecule has 0 aromatic heterocycles. The summed E-state index contributed by atoms with van der Waals surface area (Å²) in [6, 6.07) is 0. The number of ether oxygens (including phenoxy) is 3. The smallest absolute Gasteiger partial charge is 0.180 e. The summed E-state index contributed by atoms with van der Waals surface area (Å²) in [5.74, 6) is 0.350. The van der Waals surface area contributed by atoms with Crippen LogP contribution in [-0.2, 0) is 14.2 Å². The van der Waals surface area contributed by atoms with E-state index in [-0.39, 0.29) is 6.29 Å². The second kappa shape index (κ2) is 4.70. The van der Waals surface area contributed by atoms with Crippen LogP contribution >= 0.6 is 0 Å². The molecular formula is C8H14O3. The molecule has 1 aliphatic rings. The maximum Gasteiger partial charge on any atom is 0.180 e. The molecule has 1 saturated heterocycles. The Kier molecular flexibility index (Phi) is 3.83. The van der Waals surface area contributed by atoms with Crippen LogP contribution in [0.2, 0.25) is 0 Å². The fraction of sp³-hybridized carbons (Fsp3) is 0.875. The van der Waals surface area contributed by atoms with Crippen molar-refractivity contribution in [2.75, 3.05) is 26.9 Å². The van der Waals surface area contributed by atoms with E-state index >= 15 is 0 Å². The van der Waals surface area contributed by atoms with E-state index in [1.54, 1.807) is 7.11 Å². The standard InChI is InChI=1S/C8H14O3/c1-3-7-4-10-8(6-9-2)11-5-7/h1,7-8H,3-6H2,2H3. The summed E-state index contributed by atoms with van der Waals surface area (Å²) >= 11 is 0. The molecule has 0 N–H and O–H groups in total. The normalized spacial score (nSPS) is 32.2. The second-order valence-electron chi connectivity index (χ2n) is 2.65. The second-order valence-corrected chi connectivity index (χ2v) is 2.65. The number of hydrogen-bond donors (Lipinski definition) is 0. The van der Waals surface area contributed by atoms with Crippen molar-refractivity contribution in [2.45, 2.75) is 12.7 Å². The van der Waals surface area contributed by atoms with Crippen molar-refractivity contribution in [3.05, 3.63) is 6.92 Å². The zero-order valence-corrected chi connectivity index (χ0v) is 6.79. The highest BCUT2D eigenvalue weighted by atomic mass is 16.7. The zero-order valence-electron chi connectivity index (χ0n) is 6.79. The van der Waals surface area contributed by atoms with Gasteiger partial charge in [0.05, 0.1) is 19.8 Å². The maximum absolute atomic E-state index is 5.43. The van der Waals surface area contributed by atoms with E-state index in [1.165, 1.54) is 0 Å². The minimum absolute atomic E-state index is 0.192. The number of hydrogen-bond acceptors (Lipinski definition) is 3. The third-order valence-electron chi connectivity index (χ3n) is 1.67. The molecule has 0 aromatic carbocycles. The average Bonchev–Trinajstić information content (AvgIpc) is 2.07. The first-order valence-electron chi connectivity index (χ1n) is 3.79. The first kappa shape index (κ1) is 8.97. The molecule has 0 atom stereocenters. The highest BCUT2D eigenvalue weighted by molar-refractivity contribution is 4.63. The summed E-state index contributed by atoms with van der Waals surface area (Å²) in [6.45, 7) is 7.30. The Labute approximate surface area is 67.6 Å². The van der Waals surface area contributed by atoms with Gasteiger partial charge in [0, 0.05) is 13.0 Å². The highest BCUT2D eigenvalue weighted by Gasteiger charge is 2.20. The van der Waals surface area contributed by atoms with E-state index in [4.69, 9.17) is 21.1 Å². The molecule has 0 unspecified atom stereocenters. The van der Waals surface area contributed by atoms with Crippen LogP contribution in [0.4, 0.5) is 0 Å². The van der Waals surface area contributed by atoms with Crippen LogP contribution in [0.15, 0.2) is 0 Å². The molecule has 64 valence electrons. The van der Waals surface area contributed by atoms with Crippen molar-refractivity contribution in [1.29, 1.82) is 0 Å². The minimum Gasteiger partial charge on any atom is -0.379 e. The molecule has 0 aliphatic carbocycles. The molecule has 0 aromatic rings. The molecule has 1 rings (SSSR count). The number of methoxy groups -OCH3 is 1. The van der Waals surface area contributed by atoms with Gasteiger partial charge < -0.3 is 14.2 Å². The van der Waals surface area contributed by atoms with E-state index in [2.05, 4.69) is 0 Å². The summed E-state index contributed by atoms with van der Waals surface area (Å²) < 4.78 is 15.5. The lowest BCUT2D eigenvalue weighted by molar-refractivity contribution is -0.217. The van der Waals surface area contributed by atoms with E-state index in [0.717, 1.165) is 0 Å². The molecule has 1 fully saturated rings. The molecule has 0 saturated carbocycles. The third kappa shape index (κ3) is 2.77. The van der Waals surface area contributed by atoms with Gasteiger partial charge in [-0.1, -0.05) is 0 Å². The van der Waals surface area contributed by atoms with Crippen molar-refractivity contribution in [2.24, 2.45) is 5.92 Å². The largest absolute Gasteiger partial charge is 0.379 e. The fourth-order valence-corrected chi connectivity index (χ4v) is 0.951. The molecule has 2 radical (unpaired) electrons. The van der Waals surface area contributed by atoms with Crippen LogP contribution < -0.4 is 0 Å². The van der Waals surface area contributed by atoms with E-state index in [0.29, 0.717) is 32.2 Å². The molecule has 3 heteroatoms. The van der Waals surface area contributed by atoms with Crippen LogP contribution in [-0.4, -0.2) is 33.2 Å². The molecule has 0 bridgehead atoms. The zero-order chi connectivity index (χ0) is 8.10. The summed E-state index contributed by atoms with van der Waals surface area (Å²) in [5.41, 5.74) is 0. The Morgan fingerprint density at radius 1 is 1.45 bits per heavy atom. The Morgan fingerprint density at radius 3 is 2.55 bits per heavy atom. The molecule has 11 heavy (non-hydrogen) atoms. The van der Waals surface area contributed by atoms with E-state index in [1.807, 2.05) is 0 Å². The van der Waals surface area contributed by atoms with Crippen molar-refractivity contribution < 1.29 is 14.2 Å². The molecule has 3 nitrogen and oxygen atoms in total. The summed E-state index contributed by atoms with van der Waals surface area (Å²) in [6.07, 6.45) is 0.433. The fourth-order valence-electron chi connectivity index (χ4n) is 0.951. The van der Waals surface area contributed by atoms with Gasteiger partial charge >= 0.3 is 0 Å². The lowest BCUT2D eigenvalue weighted by Gasteiger charge is -2.28. The first-order chi connectivity index (χ1) is 5.36. The van der Waals surface area contributed by atoms with Gasteiger partial charge in [-0.25, -0.2) is 0 Å². The molecular weight excluding hydrogens is 144 g/mol. The lowest BCUT2D eigenvalue weighted by Crippen LogP contribution is -2.34. The highest BCUT2D eigenvalue weighted by Crippen LogP contribution is 2.13. The van der Waals surface area contributed by atoms with Gasteiger partial charge in [-0.05, 0) is 13.3 Å². The van der Waals surface area contributed by atoms with Crippen molar-refractivity contribution in [3.63, 3.8) is 0 Å². The Hall–Kier alpha value is -0.120. The average molecular weight is 158 g/mol. The maximum atomic E-state index is 5.43. The SMILES string of the molecule is [CH]CC1COC(COC)OC1. The van der Waals surface area contributed by atoms with Crippen molar-refractivity contribution >= 4 is 0 Å². The molecule has 1 aliphatic heterocycles. The Bertz CT molecular complexity index is 97.5. The van der Waals surface area contributed by atoms with E-state index in [9.17, 15) is 0 Å². The predicted octanol–water partition coefficient (Wildman–Crippen LogP) is 0.723. The van der Waals surface area contributed by atoms with Crippen molar-refractivity contribution in [3.8, 4) is 0 Å². The van der Waals surface area contributed by atoms with Gasteiger partial charge in [-0.3, -0.25) is 0 Å². The van der Waals surface area contributed by atoms with Crippen LogP contribution in [0.3, 0.4) is 0 Å². The first-order valence-corrected chi connectivity index (χ1v) is 3.79. The van der Waals surface area contributed by atoms with E-state index < -0.39 is 0 Å². The van der Waals surface area contributed by atoms with Gasteiger partial charge in [-0.15, -0.1) is 0 Å². The van der Waals surface area contributed by atoms with Crippen molar-refractivity contribution in [1.82, 2.24) is 0 Å². The summed E-state index contributed by atoms with van der Waals surface area (Å²) in [4.78, 5) is 0. The quantitative estimate of drug-likeness (QED) is 0.605. The third-order valence-corrected chi connectivity index (χ3v) is 1.67. The summed E-state index contributed by atoms with van der Waals surface area (Å²) in [5, 5.41) is 0. The number of rotatable bonds is 3. The monoisotopic (exact) mass is 158 g/mol. The summed E-state index contributed by atoms with van der Waals surface area (Å²) in [7, 11) is 1.63. The van der Waals surface area contributed by atoms with Crippen LogP contribution in [0.5, 0.6) is 0 Å². The van der Waals surface area contributed by atoms with Crippen LogP contribution in [0.25, 0.3) is 0 Å². The predicted molar refractivity (Wildman–Crippen MR) is 40.0 cm³/mol. The Balaban J connectivity index is 2.14. The molecule has 0 spiro atoms. The van der Waals surface area contributed by atoms with Gasteiger partial charge in [0.1, 0.15) is 0 Å².